The van der Waals surface area contributed by atoms with Crippen molar-refractivity contribution in [3.05, 3.63) is 58.3 Å². The van der Waals surface area contributed by atoms with E-state index in [2.05, 4.69) is 15.9 Å². The van der Waals surface area contributed by atoms with Crippen molar-refractivity contribution in [2.45, 2.75) is 45.5 Å². The van der Waals surface area contributed by atoms with Crippen molar-refractivity contribution in [3.8, 4) is 5.75 Å². The fraction of sp³-hybridized carbons (Fsp3) is 0.368. The molecule has 0 aromatic heterocycles. The Hall–Kier alpha value is -1.37. The molecule has 0 aliphatic carbocycles. The highest BCUT2D eigenvalue weighted by atomic mass is 79.9. The van der Waals surface area contributed by atoms with Crippen LogP contribution >= 0.6 is 15.9 Å². The van der Waals surface area contributed by atoms with Crippen LogP contribution in [0.3, 0.4) is 0 Å². The van der Waals surface area contributed by atoms with E-state index in [9.17, 15) is 4.39 Å². The van der Waals surface area contributed by atoms with E-state index in [0.717, 1.165) is 11.0 Å². The zero-order valence-corrected chi connectivity index (χ0v) is 16.4. The molecule has 2 aromatic rings. The Kier molecular flexibility index (Phi) is 4.97. The lowest BCUT2D eigenvalue weighted by atomic mass is 9.78. The molecule has 0 bridgehead atoms. The Bertz CT molecular complexity index is 763. The van der Waals surface area contributed by atoms with Gasteiger partial charge in [-0.05, 0) is 56.9 Å². The summed E-state index contributed by atoms with van der Waals surface area (Å²) in [4.78, 5) is 0. The van der Waals surface area contributed by atoms with Gasteiger partial charge in [0.25, 0.3) is 0 Å². The molecule has 2 aromatic carbocycles. The Morgan fingerprint density at radius 2 is 1.72 bits per heavy atom. The average molecular weight is 407 g/mol. The molecule has 0 spiro atoms. The minimum atomic E-state index is -0.422. The summed E-state index contributed by atoms with van der Waals surface area (Å²) in [5.41, 5.74) is 1.08. The number of rotatable bonds is 4. The Balaban J connectivity index is 1.72. The quantitative estimate of drug-likeness (QED) is 0.701. The van der Waals surface area contributed by atoms with E-state index in [1.807, 2.05) is 52.0 Å². The van der Waals surface area contributed by atoms with Crippen molar-refractivity contribution in [3.63, 3.8) is 0 Å². The second-order valence-electron chi connectivity index (χ2n) is 7.20. The normalized spacial score (nSPS) is 18.4. The Morgan fingerprint density at radius 1 is 1.04 bits per heavy atom. The first kappa shape index (κ1) is 18.4. The first-order valence-corrected chi connectivity index (χ1v) is 9.00. The molecule has 25 heavy (non-hydrogen) atoms. The van der Waals surface area contributed by atoms with Gasteiger partial charge in [0.2, 0.25) is 0 Å². The fourth-order valence-electron chi connectivity index (χ4n) is 2.56. The van der Waals surface area contributed by atoms with Gasteiger partial charge in [0.15, 0.2) is 11.6 Å². The summed E-state index contributed by atoms with van der Waals surface area (Å²) in [7, 11) is -0.422. The number of ether oxygens (including phenoxy) is 1. The van der Waals surface area contributed by atoms with Gasteiger partial charge in [0, 0.05) is 4.47 Å². The topological polar surface area (TPSA) is 27.7 Å². The number of hydrogen-bond donors (Lipinski definition) is 0. The smallest absolute Gasteiger partial charge is 0.486 e. The molecule has 132 valence electrons. The maximum Gasteiger partial charge on any atom is 0.494 e. The lowest BCUT2D eigenvalue weighted by Gasteiger charge is -2.32. The zero-order chi connectivity index (χ0) is 18.2. The Morgan fingerprint density at radius 3 is 2.36 bits per heavy atom. The molecule has 0 N–H and O–H groups in total. The fourth-order valence-corrected chi connectivity index (χ4v) is 2.90. The van der Waals surface area contributed by atoms with Crippen molar-refractivity contribution in [2.24, 2.45) is 0 Å². The monoisotopic (exact) mass is 406 g/mol. The van der Waals surface area contributed by atoms with Crippen LogP contribution in [-0.4, -0.2) is 18.3 Å². The van der Waals surface area contributed by atoms with Crippen molar-refractivity contribution < 1.29 is 18.4 Å². The number of benzene rings is 2. The highest BCUT2D eigenvalue weighted by molar-refractivity contribution is 9.10. The minimum Gasteiger partial charge on any atom is -0.486 e. The molecule has 6 heteroatoms. The third kappa shape index (κ3) is 3.91. The predicted molar refractivity (Wildman–Crippen MR) is 101 cm³/mol. The average Bonchev–Trinajstić information content (AvgIpc) is 2.75. The van der Waals surface area contributed by atoms with E-state index in [1.54, 1.807) is 12.1 Å². The molecule has 1 heterocycles. The first-order valence-electron chi connectivity index (χ1n) is 8.20. The summed E-state index contributed by atoms with van der Waals surface area (Å²) in [6.45, 7) is 8.37. The molecular weight excluding hydrogens is 386 g/mol. The van der Waals surface area contributed by atoms with Crippen molar-refractivity contribution in [2.75, 3.05) is 0 Å². The second kappa shape index (κ2) is 6.74. The SMILES string of the molecule is CC1(C)OB(c2cccc(COc3ccc(Br)cc3F)c2)OC1(C)C. The van der Waals surface area contributed by atoms with Crippen LogP contribution < -0.4 is 10.2 Å². The minimum absolute atomic E-state index is 0.226. The van der Waals surface area contributed by atoms with E-state index >= 15 is 0 Å². The number of hydrogen-bond acceptors (Lipinski definition) is 3. The van der Waals surface area contributed by atoms with Crippen molar-refractivity contribution in [1.29, 1.82) is 0 Å². The third-order valence-electron chi connectivity index (χ3n) is 4.76. The molecule has 0 unspecified atom stereocenters. The van der Waals surface area contributed by atoms with E-state index in [1.165, 1.54) is 6.07 Å². The van der Waals surface area contributed by atoms with Gasteiger partial charge >= 0.3 is 7.12 Å². The van der Waals surface area contributed by atoms with Crippen LogP contribution in [-0.2, 0) is 15.9 Å². The molecule has 1 aliphatic heterocycles. The van der Waals surface area contributed by atoms with Gasteiger partial charge in [0.1, 0.15) is 6.61 Å². The summed E-state index contributed by atoms with van der Waals surface area (Å²) >= 11 is 3.23. The molecular formula is C19H21BBrFO3. The van der Waals surface area contributed by atoms with Crippen LogP contribution in [0, 0.1) is 5.82 Å². The van der Waals surface area contributed by atoms with Crippen molar-refractivity contribution >= 4 is 28.5 Å². The highest BCUT2D eigenvalue weighted by Crippen LogP contribution is 2.36. The number of halogens is 2. The van der Waals surface area contributed by atoms with Gasteiger partial charge < -0.3 is 14.0 Å². The standard InChI is InChI=1S/C19H21BBrFO3/c1-18(2)19(3,4)25-20(24-18)14-7-5-6-13(10-14)12-23-17-9-8-15(21)11-16(17)22/h5-11H,12H2,1-4H3. The maximum atomic E-state index is 13.9. The molecule has 1 saturated heterocycles. The van der Waals surface area contributed by atoms with E-state index in [-0.39, 0.29) is 23.6 Å². The summed E-state index contributed by atoms with van der Waals surface area (Å²) in [6.07, 6.45) is 0. The van der Waals surface area contributed by atoms with E-state index in [0.29, 0.717) is 4.47 Å². The zero-order valence-electron chi connectivity index (χ0n) is 14.8. The van der Waals surface area contributed by atoms with Gasteiger partial charge in [-0.1, -0.05) is 40.2 Å². The summed E-state index contributed by atoms with van der Waals surface area (Å²) in [5.74, 6) is -0.166. The van der Waals surface area contributed by atoms with E-state index in [4.69, 9.17) is 14.0 Å². The van der Waals surface area contributed by atoms with Gasteiger partial charge in [-0.25, -0.2) is 4.39 Å². The highest BCUT2D eigenvalue weighted by Gasteiger charge is 2.51. The Labute approximate surface area is 156 Å². The van der Waals surface area contributed by atoms with Gasteiger partial charge in [0.05, 0.1) is 11.2 Å². The van der Waals surface area contributed by atoms with Crippen LogP contribution in [0.5, 0.6) is 5.75 Å². The molecule has 0 saturated carbocycles. The van der Waals surface area contributed by atoms with Crippen molar-refractivity contribution in [1.82, 2.24) is 0 Å². The van der Waals surface area contributed by atoms with Gasteiger partial charge in [-0.15, -0.1) is 0 Å². The molecule has 3 rings (SSSR count). The predicted octanol–water partition coefficient (Wildman–Crippen LogP) is 4.47. The maximum absolute atomic E-state index is 13.9. The van der Waals surface area contributed by atoms with Gasteiger partial charge in [-0.2, -0.15) is 0 Å². The van der Waals surface area contributed by atoms with Crippen LogP contribution in [0.1, 0.15) is 33.3 Å². The molecule has 1 aliphatic rings. The third-order valence-corrected chi connectivity index (χ3v) is 5.26. The summed E-state index contributed by atoms with van der Waals surface area (Å²) in [6, 6.07) is 12.5. The summed E-state index contributed by atoms with van der Waals surface area (Å²) in [5, 5.41) is 0. The first-order chi connectivity index (χ1) is 11.7. The largest absolute Gasteiger partial charge is 0.494 e. The molecule has 0 amide bonds. The molecule has 0 atom stereocenters. The summed E-state index contributed by atoms with van der Waals surface area (Å²) < 4.78 is 32.3. The lowest BCUT2D eigenvalue weighted by Crippen LogP contribution is -2.41. The molecule has 0 radical (unpaired) electrons. The van der Waals surface area contributed by atoms with Gasteiger partial charge in [-0.3, -0.25) is 0 Å². The molecule has 3 nitrogen and oxygen atoms in total. The lowest BCUT2D eigenvalue weighted by molar-refractivity contribution is 0.00578. The second-order valence-corrected chi connectivity index (χ2v) is 8.11. The van der Waals surface area contributed by atoms with Crippen LogP contribution in [0.15, 0.2) is 46.9 Å². The molecule has 1 fully saturated rings. The van der Waals surface area contributed by atoms with E-state index < -0.39 is 12.9 Å². The van der Waals surface area contributed by atoms with Crippen LogP contribution in [0.4, 0.5) is 4.39 Å². The van der Waals surface area contributed by atoms with Crippen LogP contribution in [0.2, 0.25) is 0 Å². The van der Waals surface area contributed by atoms with Crippen LogP contribution in [0.25, 0.3) is 0 Å².